The molecule has 0 aliphatic heterocycles. The zero-order chi connectivity index (χ0) is 17.1. The van der Waals surface area contributed by atoms with Crippen LogP contribution in [0.1, 0.15) is 5.69 Å². The van der Waals surface area contributed by atoms with E-state index in [0.29, 0.717) is 0 Å². The average Bonchev–Trinajstić information content (AvgIpc) is 2.70. The van der Waals surface area contributed by atoms with Gasteiger partial charge in [-0.15, -0.1) is 0 Å². The van der Waals surface area contributed by atoms with E-state index in [2.05, 4.69) is 21.0 Å². The summed E-state index contributed by atoms with van der Waals surface area (Å²) in [5.41, 5.74) is 7.03. The van der Waals surface area contributed by atoms with Gasteiger partial charge in [-0.25, -0.2) is 0 Å². The molecule has 0 unspecified atom stereocenters. The Morgan fingerprint density at radius 2 is 1.16 bits per heavy atom. The van der Waals surface area contributed by atoms with Crippen molar-refractivity contribution in [1.82, 2.24) is 19.9 Å². The Morgan fingerprint density at radius 1 is 0.640 bits per heavy atom. The second-order valence-corrected chi connectivity index (χ2v) is 5.74. The van der Waals surface area contributed by atoms with E-state index >= 15 is 0 Å². The predicted octanol–water partition coefficient (Wildman–Crippen LogP) is 4.58. The van der Waals surface area contributed by atoms with Crippen LogP contribution in [-0.2, 0) is 0 Å². The van der Waals surface area contributed by atoms with Gasteiger partial charge >= 0.3 is 0 Å². The van der Waals surface area contributed by atoms with E-state index in [1.54, 1.807) is 18.6 Å². The molecule has 4 aromatic heterocycles. The molecule has 0 radical (unpaired) electrons. The van der Waals surface area contributed by atoms with Crippen LogP contribution in [0.15, 0.2) is 79.6 Å². The predicted molar refractivity (Wildman–Crippen MR) is 98.7 cm³/mol. The number of rotatable bonds is 3. The summed E-state index contributed by atoms with van der Waals surface area (Å²) in [6.45, 7) is 2.02. The molecule has 0 saturated carbocycles. The molecule has 25 heavy (non-hydrogen) atoms. The molecule has 4 heteroatoms. The smallest absolute Gasteiger partial charge is 0.0800 e. The second kappa shape index (κ2) is 6.61. The van der Waals surface area contributed by atoms with E-state index in [0.717, 1.165) is 39.2 Å². The molecule has 0 aliphatic rings. The van der Waals surface area contributed by atoms with Crippen molar-refractivity contribution < 1.29 is 0 Å². The van der Waals surface area contributed by atoms with Crippen molar-refractivity contribution in [2.75, 3.05) is 0 Å². The van der Waals surface area contributed by atoms with Crippen LogP contribution >= 0.6 is 0 Å². The number of hydrogen-bond acceptors (Lipinski definition) is 4. The van der Waals surface area contributed by atoms with Gasteiger partial charge in [0.1, 0.15) is 0 Å². The fraction of sp³-hybridized carbons (Fsp3) is 0.0476. The Morgan fingerprint density at radius 3 is 1.68 bits per heavy atom. The first-order valence-electron chi connectivity index (χ1n) is 8.06. The van der Waals surface area contributed by atoms with Crippen molar-refractivity contribution in [2.24, 2.45) is 0 Å². The highest BCUT2D eigenvalue weighted by molar-refractivity contribution is 5.84. The van der Waals surface area contributed by atoms with Crippen molar-refractivity contribution in [3.63, 3.8) is 0 Å². The van der Waals surface area contributed by atoms with Gasteiger partial charge in [0, 0.05) is 70.7 Å². The van der Waals surface area contributed by atoms with Gasteiger partial charge in [0.2, 0.25) is 0 Å². The van der Waals surface area contributed by atoms with Crippen LogP contribution in [0.4, 0.5) is 0 Å². The zero-order valence-corrected chi connectivity index (χ0v) is 13.8. The van der Waals surface area contributed by atoms with Crippen LogP contribution in [0.5, 0.6) is 0 Å². The molecule has 0 saturated heterocycles. The number of hydrogen-bond donors (Lipinski definition) is 0. The molecule has 0 spiro atoms. The Kier molecular flexibility index (Phi) is 4.01. The molecule has 4 nitrogen and oxygen atoms in total. The SMILES string of the molecule is Cc1nc(-c2cccnc2)c(-c2cccnc2)cc1-c1cccnc1. The van der Waals surface area contributed by atoms with Gasteiger partial charge in [-0.1, -0.05) is 12.1 Å². The van der Waals surface area contributed by atoms with Crippen molar-refractivity contribution in [3.05, 3.63) is 85.3 Å². The Bertz CT molecular complexity index is 984. The third-order valence-corrected chi connectivity index (χ3v) is 4.09. The summed E-state index contributed by atoms with van der Waals surface area (Å²) in [4.78, 5) is 17.6. The summed E-state index contributed by atoms with van der Waals surface area (Å²) in [5.74, 6) is 0. The summed E-state index contributed by atoms with van der Waals surface area (Å²) >= 11 is 0. The number of nitrogens with zero attached hydrogens (tertiary/aromatic N) is 4. The zero-order valence-electron chi connectivity index (χ0n) is 13.8. The average molecular weight is 324 g/mol. The summed E-state index contributed by atoms with van der Waals surface area (Å²) in [7, 11) is 0. The number of aryl methyl sites for hydroxylation is 1. The first-order valence-corrected chi connectivity index (χ1v) is 8.06. The highest BCUT2D eigenvalue weighted by Crippen LogP contribution is 2.34. The van der Waals surface area contributed by atoms with Crippen molar-refractivity contribution in [3.8, 4) is 33.5 Å². The fourth-order valence-electron chi connectivity index (χ4n) is 2.88. The monoisotopic (exact) mass is 324 g/mol. The molecular weight excluding hydrogens is 308 g/mol. The van der Waals surface area contributed by atoms with Crippen LogP contribution < -0.4 is 0 Å². The van der Waals surface area contributed by atoms with Crippen LogP contribution in [0.2, 0.25) is 0 Å². The lowest BCUT2D eigenvalue weighted by Gasteiger charge is -2.14. The van der Waals surface area contributed by atoms with E-state index < -0.39 is 0 Å². The van der Waals surface area contributed by atoms with Crippen LogP contribution in [0.3, 0.4) is 0 Å². The lowest BCUT2D eigenvalue weighted by Crippen LogP contribution is -1.96. The lowest BCUT2D eigenvalue weighted by atomic mass is 9.96. The van der Waals surface area contributed by atoms with Gasteiger partial charge in [-0.05, 0) is 37.3 Å². The van der Waals surface area contributed by atoms with Crippen molar-refractivity contribution >= 4 is 0 Å². The third kappa shape index (κ3) is 3.02. The molecular formula is C21H16N4. The first kappa shape index (κ1) is 15.1. The van der Waals surface area contributed by atoms with E-state index in [-0.39, 0.29) is 0 Å². The maximum absolute atomic E-state index is 4.90. The summed E-state index contributed by atoms with van der Waals surface area (Å²) in [5, 5.41) is 0. The molecule has 0 amide bonds. The van der Waals surface area contributed by atoms with Crippen LogP contribution in [-0.4, -0.2) is 19.9 Å². The molecule has 0 aliphatic carbocycles. The van der Waals surface area contributed by atoms with E-state index in [1.165, 1.54) is 0 Å². The normalized spacial score (nSPS) is 10.6. The van der Waals surface area contributed by atoms with Gasteiger partial charge in [0.15, 0.2) is 0 Å². The molecule has 0 N–H and O–H groups in total. The highest BCUT2D eigenvalue weighted by Gasteiger charge is 2.14. The number of pyridine rings is 4. The third-order valence-electron chi connectivity index (χ3n) is 4.09. The van der Waals surface area contributed by atoms with Gasteiger partial charge < -0.3 is 0 Å². The minimum Gasteiger partial charge on any atom is -0.264 e. The van der Waals surface area contributed by atoms with Crippen molar-refractivity contribution in [1.29, 1.82) is 0 Å². The van der Waals surface area contributed by atoms with Gasteiger partial charge in [-0.2, -0.15) is 0 Å². The first-order chi connectivity index (χ1) is 12.3. The standard InChI is InChI=1S/C21H16N4/c1-15-19(16-5-2-8-22-12-16)11-20(17-6-3-9-23-13-17)21(25-15)18-7-4-10-24-14-18/h2-14H,1H3. The maximum Gasteiger partial charge on any atom is 0.0800 e. The summed E-state index contributed by atoms with van der Waals surface area (Å²) < 4.78 is 0. The second-order valence-electron chi connectivity index (χ2n) is 5.74. The molecule has 0 atom stereocenters. The Hall–Kier alpha value is -3.40. The Labute approximate surface area is 146 Å². The minimum atomic E-state index is 0.909. The van der Waals surface area contributed by atoms with Crippen LogP contribution in [0, 0.1) is 6.92 Å². The molecule has 0 aromatic carbocycles. The van der Waals surface area contributed by atoms with Crippen LogP contribution in [0.25, 0.3) is 33.5 Å². The van der Waals surface area contributed by atoms with Gasteiger partial charge in [0.05, 0.1) is 5.69 Å². The highest BCUT2D eigenvalue weighted by atomic mass is 14.7. The minimum absolute atomic E-state index is 0.909. The molecule has 0 bridgehead atoms. The van der Waals surface area contributed by atoms with E-state index in [1.807, 2.05) is 61.9 Å². The van der Waals surface area contributed by atoms with Gasteiger partial charge in [-0.3, -0.25) is 19.9 Å². The molecule has 120 valence electrons. The molecule has 4 rings (SSSR count). The summed E-state index contributed by atoms with van der Waals surface area (Å²) in [6.07, 6.45) is 10.9. The Balaban J connectivity index is 1.98. The molecule has 0 fully saturated rings. The quantitative estimate of drug-likeness (QED) is 0.553. The van der Waals surface area contributed by atoms with E-state index in [4.69, 9.17) is 4.98 Å². The molecule has 4 heterocycles. The van der Waals surface area contributed by atoms with Crippen molar-refractivity contribution in [2.45, 2.75) is 6.92 Å². The summed E-state index contributed by atoms with van der Waals surface area (Å²) in [6, 6.07) is 14.1. The largest absolute Gasteiger partial charge is 0.264 e. The lowest BCUT2D eigenvalue weighted by molar-refractivity contribution is 1.19. The maximum atomic E-state index is 4.90. The fourth-order valence-corrected chi connectivity index (χ4v) is 2.88. The van der Waals surface area contributed by atoms with E-state index in [9.17, 15) is 0 Å². The number of aromatic nitrogens is 4. The topological polar surface area (TPSA) is 51.6 Å². The molecule has 4 aromatic rings. The van der Waals surface area contributed by atoms with Gasteiger partial charge in [0.25, 0.3) is 0 Å².